The van der Waals surface area contributed by atoms with E-state index >= 15 is 0 Å². The van der Waals surface area contributed by atoms with Gasteiger partial charge in [-0.3, -0.25) is 0 Å². The lowest BCUT2D eigenvalue weighted by Gasteiger charge is -2.17. The molecule has 2 aromatic rings. The summed E-state index contributed by atoms with van der Waals surface area (Å²) in [5.41, 5.74) is 6.66. The van der Waals surface area contributed by atoms with Crippen LogP contribution in [-0.2, 0) is 0 Å². The van der Waals surface area contributed by atoms with Crippen molar-refractivity contribution in [1.82, 2.24) is 0 Å². The van der Waals surface area contributed by atoms with Crippen molar-refractivity contribution in [2.75, 3.05) is 19.0 Å². The van der Waals surface area contributed by atoms with E-state index in [0.29, 0.717) is 0 Å². The number of hydrogen-bond donors (Lipinski definition) is 0. The summed E-state index contributed by atoms with van der Waals surface area (Å²) < 4.78 is 0. The Hall–Kier alpha value is -1.76. The quantitative estimate of drug-likeness (QED) is 0.593. The molecule has 1 radical (unpaired) electrons. The molecule has 1 aliphatic carbocycles. The average Bonchev–Trinajstić information content (AvgIpc) is 2.66. The Morgan fingerprint density at radius 2 is 1.56 bits per heavy atom. The first kappa shape index (κ1) is 9.46. The van der Waals surface area contributed by atoms with Crippen LogP contribution in [0.25, 0.3) is 11.1 Å². The number of benzene rings is 2. The summed E-state index contributed by atoms with van der Waals surface area (Å²) in [7, 11) is 4.19. The van der Waals surface area contributed by atoms with Gasteiger partial charge in [0.05, 0.1) is 0 Å². The lowest BCUT2D eigenvalue weighted by atomic mass is 10.0. The minimum absolute atomic E-state index is 1.29. The molecule has 0 amide bonds. The van der Waals surface area contributed by atoms with Gasteiger partial charge in [0.15, 0.2) is 0 Å². The lowest BCUT2D eigenvalue weighted by Crippen LogP contribution is -2.09. The first-order valence-corrected chi connectivity index (χ1v) is 5.52. The number of fused-ring (bicyclic) bond motifs is 3. The molecule has 0 saturated carbocycles. The number of hydrogen-bond acceptors (Lipinski definition) is 1. The van der Waals surface area contributed by atoms with Crippen molar-refractivity contribution in [1.29, 1.82) is 0 Å². The Kier molecular flexibility index (Phi) is 2.00. The highest BCUT2D eigenvalue weighted by molar-refractivity contribution is 5.90. The lowest BCUT2D eigenvalue weighted by molar-refractivity contribution is 1.13. The maximum Gasteiger partial charge on any atom is 0.0443 e. The van der Waals surface area contributed by atoms with Gasteiger partial charge in [0.1, 0.15) is 0 Å². The molecule has 0 spiro atoms. The zero-order valence-corrected chi connectivity index (χ0v) is 9.57. The second-order valence-electron chi connectivity index (χ2n) is 4.37. The van der Waals surface area contributed by atoms with E-state index < -0.39 is 0 Å². The van der Waals surface area contributed by atoms with Crippen molar-refractivity contribution < 1.29 is 0 Å². The topological polar surface area (TPSA) is 3.24 Å². The normalized spacial score (nSPS) is 12.1. The van der Waals surface area contributed by atoms with Crippen LogP contribution in [0.5, 0.6) is 0 Å². The van der Waals surface area contributed by atoms with E-state index in [1.54, 1.807) is 0 Å². The van der Waals surface area contributed by atoms with Crippen LogP contribution in [0.3, 0.4) is 0 Å². The monoisotopic (exact) mass is 208 g/mol. The predicted molar refractivity (Wildman–Crippen MR) is 68.7 cm³/mol. The number of anilines is 1. The van der Waals surface area contributed by atoms with Gasteiger partial charge in [0.2, 0.25) is 0 Å². The highest BCUT2D eigenvalue weighted by Gasteiger charge is 2.21. The first-order valence-electron chi connectivity index (χ1n) is 5.52. The maximum atomic E-state index is 2.26. The van der Waals surface area contributed by atoms with E-state index in [1.165, 1.54) is 27.9 Å². The van der Waals surface area contributed by atoms with Crippen LogP contribution in [-0.4, -0.2) is 14.1 Å². The summed E-state index contributed by atoms with van der Waals surface area (Å²) in [6, 6.07) is 15.1. The Balaban J connectivity index is 2.29. The van der Waals surface area contributed by atoms with Gasteiger partial charge in [-0.25, -0.2) is 0 Å². The minimum atomic E-state index is 1.29. The summed E-state index contributed by atoms with van der Waals surface area (Å²) in [5.74, 6) is 0. The zero-order chi connectivity index (χ0) is 11.1. The molecule has 0 aromatic heterocycles. The molecule has 0 unspecified atom stereocenters. The van der Waals surface area contributed by atoms with Gasteiger partial charge in [-0.05, 0) is 22.8 Å². The highest BCUT2D eigenvalue weighted by atomic mass is 15.1. The van der Waals surface area contributed by atoms with Crippen molar-refractivity contribution in [3.05, 3.63) is 60.0 Å². The SMILES string of the molecule is CN(C)c1cccc2c1-c1ccccc1[CH]2. The molecular formula is C15H14N. The van der Waals surface area contributed by atoms with Crippen molar-refractivity contribution in [3.63, 3.8) is 0 Å². The van der Waals surface area contributed by atoms with Crippen molar-refractivity contribution in [3.8, 4) is 11.1 Å². The average molecular weight is 208 g/mol. The fraction of sp³-hybridized carbons (Fsp3) is 0.133. The third kappa shape index (κ3) is 1.25. The molecule has 16 heavy (non-hydrogen) atoms. The molecule has 79 valence electrons. The fourth-order valence-electron chi connectivity index (χ4n) is 2.36. The van der Waals surface area contributed by atoms with Crippen LogP contribution in [0.2, 0.25) is 0 Å². The first-order chi connectivity index (χ1) is 7.77. The highest BCUT2D eigenvalue weighted by Crippen LogP contribution is 2.42. The molecule has 0 bridgehead atoms. The van der Waals surface area contributed by atoms with E-state index in [1.807, 2.05) is 0 Å². The maximum absolute atomic E-state index is 2.26. The van der Waals surface area contributed by atoms with Crippen LogP contribution in [0.15, 0.2) is 42.5 Å². The van der Waals surface area contributed by atoms with Crippen LogP contribution < -0.4 is 4.90 Å². The van der Waals surface area contributed by atoms with Crippen molar-refractivity contribution in [2.24, 2.45) is 0 Å². The summed E-state index contributed by atoms with van der Waals surface area (Å²) in [6.07, 6.45) is 2.26. The van der Waals surface area contributed by atoms with Crippen LogP contribution >= 0.6 is 0 Å². The Labute approximate surface area is 96.3 Å². The van der Waals surface area contributed by atoms with Crippen LogP contribution in [0.1, 0.15) is 11.1 Å². The zero-order valence-electron chi connectivity index (χ0n) is 9.57. The fourth-order valence-corrected chi connectivity index (χ4v) is 2.36. The molecular weight excluding hydrogens is 194 g/mol. The molecule has 2 aromatic carbocycles. The number of rotatable bonds is 1. The molecule has 1 aliphatic rings. The largest absolute Gasteiger partial charge is 0.377 e. The van der Waals surface area contributed by atoms with Gasteiger partial charge < -0.3 is 4.90 Å². The molecule has 0 heterocycles. The molecule has 1 heteroatoms. The molecule has 0 N–H and O–H groups in total. The molecule has 0 aliphatic heterocycles. The van der Waals surface area contributed by atoms with E-state index in [2.05, 4.69) is 67.9 Å². The van der Waals surface area contributed by atoms with Gasteiger partial charge in [-0.1, -0.05) is 36.4 Å². The molecule has 0 saturated heterocycles. The Morgan fingerprint density at radius 1 is 0.812 bits per heavy atom. The van der Waals surface area contributed by atoms with Gasteiger partial charge >= 0.3 is 0 Å². The molecule has 0 fully saturated rings. The van der Waals surface area contributed by atoms with Crippen molar-refractivity contribution in [2.45, 2.75) is 0 Å². The third-order valence-electron chi connectivity index (χ3n) is 3.10. The van der Waals surface area contributed by atoms with Gasteiger partial charge in [-0.15, -0.1) is 0 Å². The van der Waals surface area contributed by atoms with Gasteiger partial charge in [0.25, 0.3) is 0 Å². The third-order valence-corrected chi connectivity index (χ3v) is 3.10. The van der Waals surface area contributed by atoms with E-state index in [9.17, 15) is 0 Å². The van der Waals surface area contributed by atoms with Gasteiger partial charge in [0, 0.05) is 31.8 Å². The summed E-state index contributed by atoms with van der Waals surface area (Å²) >= 11 is 0. The molecule has 0 atom stereocenters. The van der Waals surface area contributed by atoms with E-state index in [-0.39, 0.29) is 0 Å². The number of nitrogens with zero attached hydrogens (tertiary/aromatic N) is 1. The predicted octanol–water partition coefficient (Wildman–Crippen LogP) is 3.33. The second-order valence-corrected chi connectivity index (χ2v) is 4.37. The summed E-state index contributed by atoms with van der Waals surface area (Å²) in [6.45, 7) is 0. The van der Waals surface area contributed by atoms with Crippen molar-refractivity contribution >= 4 is 5.69 Å². The standard InChI is InChI=1S/C15H14N/c1-16(2)14-9-5-7-12-10-11-6-3-4-8-13(11)15(12)14/h3-10H,1-2H3. The Morgan fingerprint density at radius 3 is 2.38 bits per heavy atom. The van der Waals surface area contributed by atoms with E-state index in [4.69, 9.17) is 0 Å². The smallest absolute Gasteiger partial charge is 0.0443 e. The van der Waals surface area contributed by atoms with E-state index in [0.717, 1.165) is 0 Å². The van der Waals surface area contributed by atoms with Crippen LogP contribution in [0, 0.1) is 6.42 Å². The van der Waals surface area contributed by atoms with Gasteiger partial charge in [-0.2, -0.15) is 0 Å². The van der Waals surface area contributed by atoms with Crippen LogP contribution in [0.4, 0.5) is 5.69 Å². The molecule has 1 nitrogen and oxygen atoms in total. The Bertz CT molecular complexity index is 541. The molecule has 3 rings (SSSR count). The minimum Gasteiger partial charge on any atom is -0.377 e. The second kappa shape index (κ2) is 3.38. The summed E-state index contributed by atoms with van der Waals surface area (Å²) in [4.78, 5) is 2.18. The summed E-state index contributed by atoms with van der Waals surface area (Å²) in [5, 5.41) is 0.